The van der Waals surface area contributed by atoms with Crippen LogP contribution in [0.25, 0.3) is 0 Å². The topological polar surface area (TPSA) is 74.6 Å². The van der Waals surface area contributed by atoms with Crippen LogP contribution in [0.4, 0.5) is 0 Å². The van der Waals surface area contributed by atoms with Crippen molar-refractivity contribution in [2.24, 2.45) is 17.8 Å². The first-order chi connectivity index (χ1) is 7.93. The minimum atomic E-state index is -0.983. The zero-order valence-electron chi connectivity index (χ0n) is 11.0. The van der Waals surface area contributed by atoms with Crippen LogP contribution in [0.3, 0.4) is 0 Å². The maximum atomic E-state index is 11.2. The quantitative estimate of drug-likeness (QED) is 0.653. The van der Waals surface area contributed by atoms with E-state index in [9.17, 15) is 14.7 Å². The van der Waals surface area contributed by atoms with Crippen molar-refractivity contribution >= 4 is 11.9 Å². The summed E-state index contributed by atoms with van der Waals surface area (Å²) in [5.41, 5.74) is 0. The second-order valence-corrected chi connectivity index (χ2v) is 4.81. The summed E-state index contributed by atoms with van der Waals surface area (Å²) in [4.78, 5) is 22.3. The highest BCUT2D eigenvalue weighted by Gasteiger charge is 2.33. The molecule has 0 aliphatic carbocycles. The zero-order valence-corrected chi connectivity index (χ0v) is 11.0. The third-order valence-electron chi connectivity index (χ3n) is 3.16. The average molecular weight is 244 g/mol. The molecule has 0 rings (SSSR count). The molecule has 0 spiro atoms. The molecular weight excluding hydrogens is 220 g/mol. The molecule has 0 amide bonds. The second kappa shape index (κ2) is 8.09. The van der Waals surface area contributed by atoms with Gasteiger partial charge >= 0.3 is 11.9 Å². The van der Waals surface area contributed by atoms with E-state index >= 15 is 0 Å². The van der Waals surface area contributed by atoms with E-state index in [-0.39, 0.29) is 5.92 Å². The van der Waals surface area contributed by atoms with Gasteiger partial charge in [-0.2, -0.15) is 0 Å². The maximum Gasteiger partial charge on any atom is 0.307 e. The Morgan fingerprint density at radius 1 is 0.941 bits per heavy atom. The monoisotopic (exact) mass is 244 g/mol. The lowest BCUT2D eigenvalue weighted by molar-refractivity contribution is -0.154. The lowest BCUT2D eigenvalue weighted by Gasteiger charge is -2.22. The van der Waals surface area contributed by atoms with Gasteiger partial charge in [0.2, 0.25) is 0 Å². The summed E-state index contributed by atoms with van der Waals surface area (Å²) in [6.07, 6.45) is 3.54. The van der Waals surface area contributed by atoms with E-state index in [4.69, 9.17) is 5.11 Å². The molecule has 0 saturated carbocycles. The van der Waals surface area contributed by atoms with Crippen LogP contribution in [-0.4, -0.2) is 22.2 Å². The van der Waals surface area contributed by atoms with E-state index in [1.165, 1.54) is 0 Å². The van der Waals surface area contributed by atoms with E-state index in [1.807, 2.05) is 20.8 Å². The molecule has 2 N–H and O–H groups in total. The van der Waals surface area contributed by atoms with E-state index in [0.717, 1.165) is 12.8 Å². The Morgan fingerprint density at radius 2 is 1.41 bits per heavy atom. The van der Waals surface area contributed by atoms with Crippen molar-refractivity contribution in [1.82, 2.24) is 0 Å². The number of hydrogen-bond acceptors (Lipinski definition) is 2. The Bertz CT molecular complexity index is 250. The summed E-state index contributed by atoms with van der Waals surface area (Å²) in [6.45, 7) is 5.92. The molecule has 0 aromatic heterocycles. The number of hydrogen-bond donors (Lipinski definition) is 2. The molecule has 100 valence electrons. The van der Waals surface area contributed by atoms with Gasteiger partial charge in [0.1, 0.15) is 0 Å². The van der Waals surface area contributed by atoms with Gasteiger partial charge in [0.05, 0.1) is 11.8 Å². The Hall–Kier alpha value is -1.06. The summed E-state index contributed by atoms with van der Waals surface area (Å²) >= 11 is 0. The maximum absolute atomic E-state index is 11.2. The molecule has 0 aliphatic rings. The first-order valence-corrected chi connectivity index (χ1v) is 6.39. The molecule has 17 heavy (non-hydrogen) atoms. The molecule has 0 saturated heterocycles. The number of rotatable bonds is 9. The van der Waals surface area contributed by atoms with Gasteiger partial charge in [-0.25, -0.2) is 0 Å². The van der Waals surface area contributed by atoms with Crippen LogP contribution in [-0.2, 0) is 9.59 Å². The molecule has 0 aromatic carbocycles. The van der Waals surface area contributed by atoms with Crippen LogP contribution in [0.5, 0.6) is 0 Å². The average Bonchev–Trinajstić information content (AvgIpc) is 2.22. The minimum Gasteiger partial charge on any atom is -0.481 e. The van der Waals surface area contributed by atoms with Gasteiger partial charge in [-0.1, -0.05) is 40.0 Å². The molecule has 4 nitrogen and oxygen atoms in total. The first kappa shape index (κ1) is 15.9. The summed E-state index contributed by atoms with van der Waals surface area (Å²) in [6, 6.07) is 0. The highest BCUT2D eigenvalue weighted by Crippen LogP contribution is 2.27. The van der Waals surface area contributed by atoms with Crippen LogP contribution < -0.4 is 0 Å². The van der Waals surface area contributed by atoms with Gasteiger partial charge in [0.15, 0.2) is 0 Å². The fourth-order valence-corrected chi connectivity index (χ4v) is 2.29. The predicted octanol–water partition coefficient (Wildman–Crippen LogP) is 3.01. The lowest BCUT2D eigenvalue weighted by Crippen LogP contribution is -2.31. The first-order valence-electron chi connectivity index (χ1n) is 6.39. The number of aliphatic carboxylic acids is 2. The summed E-state index contributed by atoms with van der Waals surface area (Å²) in [5, 5.41) is 18.3. The second-order valence-electron chi connectivity index (χ2n) is 4.81. The third-order valence-corrected chi connectivity index (χ3v) is 3.16. The molecule has 0 heterocycles. The van der Waals surface area contributed by atoms with E-state index in [2.05, 4.69) is 0 Å². The Kier molecular flexibility index (Phi) is 7.59. The van der Waals surface area contributed by atoms with Crippen molar-refractivity contribution in [3.8, 4) is 0 Å². The predicted molar refractivity (Wildman–Crippen MR) is 65.8 cm³/mol. The van der Waals surface area contributed by atoms with Crippen molar-refractivity contribution in [2.45, 2.75) is 52.9 Å². The summed E-state index contributed by atoms with van der Waals surface area (Å²) in [5.74, 6) is -3.21. The van der Waals surface area contributed by atoms with Crippen LogP contribution >= 0.6 is 0 Å². The third kappa shape index (κ3) is 5.71. The van der Waals surface area contributed by atoms with Crippen molar-refractivity contribution in [2.75, 3.05) is 0 Å². The Labute approximate surface area is 103 Å². The lowest BCUT2D eigenvalue weighted by atomic mass is 9.81. The number of carbonyl (C=O) groups is 2. The van der Waals surface area contributed by atoms with Gasteiger partial charge in [-0.15, -0.1) is 0 Å². The minimum absolute atomic E-state index is 0.264. The smallest absolute Gasteiger partial charge is 0.307 e. The van der Waals surface area contributed by atoms with Gasteiger partial charge in [0.25, 0.3) is 0 Å². The van der Waals surface area contributed by atoms with Gasteiger partial charge in [-0.3, -0.25) is 9.59 Å². The number of carboxylic acid groups (broad SMARTS) is 2. The fourth-order valence-electron chi connectivity index (χ4n) is 2.29. The molecular formula is C13H24O4. The summed E-state index contributed by atoms with van der Waals surface area (Å²) in [7, 11) is 0. The van der Waals surface area contributed by atoms with Crippen molar-refractivity contribution in [3.63, 3.8) is 0 Å². The number of carboxylic acids is 2. The molecule has 4 heteroatoms. The largest absolute Gasteiger partial charge is 0.481 e. The van der Waals surface area contributed by atoms with Crippen LogP contribution in [0.2, 0.25) is 0 Å². The SMILES string of the molecule is CCCC(C)CC(C(=O)O)C(CCC)C(=O)O. The Morgan fingerprint density at radius 3 is 1.76 bits per heavy atom. The highest BCUT2D eigenvalue weighted by atomic mass is 16.4. The zero-order chi connectivity index (χ0) is 13.4. The van der Waals surface area contributed by atoms with E-state index in [0.29, 0.717) is 19.3 Å². The molecule has 0 bridgehead atoms. The Balaban J connectivity index is 4.68. The normalized spacial score (nSPS) is 16.2. The van der Waals surface area contributed by atoms with Crippen molar-refractivity contribution in [3.05, 3.63) is 0 Å². The molecule has 3 atom stereocenters. The molecule has 0 radical (unpaired) electrons. The van der Waals surface area contributed by atoms with Crippen molar-refractivity contribution < 1.29 is 19.8 Å². The van der Waals surface area contributed by atoms with Gasteiger partial charge in [0, 0.05) is 0 Å². The molecule has 3 unspecified atom stereocenters. The van der Waals surface area contributed by atoms with Crippen LogP contribution in [0.15, 0.2) is 0 Å². The van der Waals surface area contributed by atoms with Crippen molar-refractivity contribution in [1.29, 1.82) is 0 Å². The molecule has 0 fully saturated rings. The molecule has 0 aromatic rings. The van der Waals surface area contributed by atoms with E-state index < -0.39 is 23.8 Å². The standard InChI is InChI=1S/C13H24O4/c1-4-6-9(3)8-11(13(16)17)10(7-5-2)12(14)15/h9-11H,4-8H2,1-3H3,(H,14,15)(H,16,17). The highest BCUT2D eigenvalue weighted by molar-refractivity contribution is 5.79. The summed E-state index contributed by atoms with van der Waals surface area (Å²) < 4.78 is 0. The van der Waals surface area contributed by atoms with Crippen LogP contribution in [0, 0.1) is 17.8 Å². The van der Waals surface area contributed by atoms with Gasteiger partial charge in [-0.05, 0) is 18.8 Å². The fraction of sp³-hybridized carbons (Fsp3) is 0.846. The van der Waals surface area contributed by atoms with E-state index in [1.54, 1.807) is 0 Å². The van der Waals surface area contributed by atoms with Crippen LogP contribution in [0.1, 0.15) is 52.9 Å². The van der Waals surface area contributed by atoms with Gasteiger partial charge < -0.3 is 10.2 Å². The molecule has 0 aliphatic heterocycles.